The molecular weight excluding hydrogens is 338 g/mol. The number of carbonyl (C=O) groups excluding carboxylic acids is 1. The molecule has 0 aliphatic heterocycles. The molecule has 0 atom stereocenters. The molecule has 0 unspecified atom stereocenters. The molecule has 0 fully saturated rings. The number of amides is 1. The van der Waals surface area contributed by atoms with Gasteiger partial charge in [0.05, 0.1) is 11.0 Å². The van der Waals surface area contributed by atoms with E-state index in [0.717, 1.165) is 40.5 Å². The van der Waals surface area contributed by atoms with Crippen LogP contribution in [0.15, 0.2) is 60.9 Å². The zero-order chi connectivity index (χ0) is 18.8. The highest BCUT2D eigenvalue weighted by Crippen LogP contribution is 2.21. The van der Waals surface area contributed by atoms with Crippen LogP contribution >= 0.6 is 0 Å². The summed E-state index contributed by atoms with van der Waals surface area (Å²) in [4.78, 5) is 21.5. The fraction of sp³-hybridized carbons (Fsp3) is 0.190. The van der Waals surface area contributed by atoms with Crippen LogP contribution in [-0.4, -0.2) is 25.0 Å². The second kappa shape index (κ2) is 7.07. The molecule has 2 aromatic carbocycles. The minimum absolute atomic E-state index is 0.101. The molecule has 27 heavy (non-hydrogen) atoms. The van der Waals surface area contributed by atoms with E-state index >= 15 is 0 Å². The van der Waals surface area contributed by atoms with Crippen LogP contribution in [-0.2, 0) is 17.9 Å². The van der Waals surface area contributed by atoms with Crippen molar-refractivity contribution >= 4 is 22.6 Å². The van der Waals surface area contributed by atoms with Gasteiger partial charge in [-0.05, 0) is 32.0 Å². The summed E-state index contributed by atoms with van der Waals surface area (Å²) in [6.07, 6.45) is 3.53. The second-order valence-corrected chi connectivity index (χ2v) is 6.40. The summed E-state index contributed by atoms with van der Waals surface area (Å²) in [5.41, 5.74) is 3.70. The molecule has 0 aliphatic rings. The number of fused-ring (bicyclic) bond motifs is 1. The van der Waals surface area contributed by atoms with E-state index in [2.05, 4.69) is 26.8 Å². The number of anilines is 1. The van der Waals surface area contributed by atoms with Gasteiger partial charge in [-0.1, -0.05) is 30.3 Å². The first-order valence-electron chi connectivity index (χ1n) is 8.99. The van der Waals surface area contributed by atoms with Crippen molar-refractivity contribution in [3.63, 3.8) is 0 Å². The maximum Gasteiger partial charge on any atom is 0.244 e. The van der Waals surface area contributed by atoms with Gasteiger partial charge in [-0.3, -0.25) is 4.79 Å². The number of carbonyl (C=O) groups is 1. The predicted molar refractivity (Wildman–Crippen MR) is 106 cm³/mol. The summed E-state index contributed by atoms with van der Waals surface area (Å²) in [6.45, 7) is 5.16. The number of nitrogens with one attached hydrogen (secondary N) is 1. The van der Waals surface area contributed by atoms with Crippen molar-refractivity contribution in [3.8, 4) is 11.4 Å². The number of imidazole rings is 2. The molecule has 2 aromatic heterocycles. The zero-order valence-electron chi connectivity index (χ0n) is 15.4. The number of aryl methyl sites for hydroxylation is 2. The lowest BCUT2D eigenvalue weighted by atomic mass is 10.2. The van der Waals surface area contributed by atoms with Crippen molar-refractivity contribution in [2.24, 2.45) is 0 Å². The molecule has 0 spiro atoms. The maximum absolute atomic E-state index is 12.5. The summed E-state index contributed by atoms with van der Waals surface area (Å²) in [7, 11) is 0. The Morgan fingerprint density at radius 3 is 2.74 bits per heavy atom. The van der Waals surface area contributed by atoms with Crippen molar-refractivity contribution in [2.75, 3.05) is 5.32 Å². The van der Waals surface area contributed by atoms with E-state index in [-0.39, 0.29) is 12.5 Å². The zero-order valence-corrected chi connectivity index (χ0v) is 15.4. The van der Waals surface area contributed by atoms with Crippen molar-refractivity contribution < 1.29 is 4.79 Å². The Hall–Kier alpha value is -3.41. The van der Waals surface area contributed by atoms with E-state index < -0.39 is 0 Å². The molecular formula is C21H21N5O. The first-order valence-corrected chi connectivity index (χ1v) is 8.99. The average molecular weight is 359 g/mol. The van der Waals surface area contributed by atoms with Crippen molar-refractivity contribution in [1.82, 2.24) is 19.1 Å². The van der Waals surface area contributed by atoms with Crippen molar-refractivity contribution in [1.29, 1.82) is 0 Å². The molecule has 0 bridgehead atoms. The largest absolute Gasteiger partial charge is 0.329 e. The third-order valence-electron chi connectivity index (χ3n) is 4.60. The summed E-state index contributed by atoms with van der Waals surface area (Å²) in [5.74, 6) is 1.65. The standard InChI is InChI=1S/C21H21N5O/c1-3-26-15(2)23-18-13-17(9-10-19(18)26)24-20(27)14-25-12-11-22-21(25)16-7-5-4-6-8-16/h4-13H,3,14H2,1-2H3,(H,24,27). The smallest absolute Gasteiger partial charge is 0.244 e. The fourth-order valence-electron chi connectivity index (χ4n) is 3.37. The molecule has 0 radical (unpaired) electrons. The van der Waals surface area contributed by atoms with Crippen molar-refractivity contribution in [2.45, 2.75) is 26.9 Å². The van der Waals surface area contributed by atoms with Gasteiger partial charge in [-0.2, -0.15) is 0 Å². The molecule has 136 valence electrons. The summed E-state index contributed by atoms with van der Waals surface area (Å²) in [5, 5.41) is 2.96. The number of hydrogen-bond acceptors (Lipinski definition) is 3. The van der Waals surface area contributed by atoms with Gasteiger partial charge < -0.3 is 14.5 Å². The van der Waals surface area contributed by atoms with Crippen LogP contribution in [0.3, 0.4) is 0 Å². The van der Waals surface area contributed by atoms with Gasteiger partial charge in [0, 0.05) is 30.2 Å². The van der Waals surface area contributed by atoms with Crippen LogP contribution in [0.2, 0.25) is 0 Å². The van der Waals surface area contributed by atoms with E-state index in [0.29, 0.717) is 0 Å². The molecule has 2 heterocycles. The SMILES string of the molecule is CCn1c(C)nc2cc(NC(=O)Cn3ccnc3-c3ccccc3)ccc21. The van der Waals surface area contributed by atoms with Gasteiger partial charge in [-0.15, -0.1) is 0 Å². The first kappa shape index (κ1) is 17.0. The first-order chi connectivity index (χ1) is 13.2. The number of benzene rings is 2. The Bertz CT molecular complexity index is 1090. The lowest BCUT2D eigenvalue weighted by molar-refractivity contribution is -0.116. The molecule has 4 aromatic rings. The van der Waals surface area contributed by atoms with Crippen LogP contribution in [0.5, 0.6) is 0 Å². The Morgan fingerprint density at radius 1 is 1.15 bits per heavy atom. The highest BCUT2D eigenvalue weighted by Gasteiger charge is 2.11. The van der Waals surface area contributed by atoms with Gasteiger partial charge in [0.25, 0.3) is 0 Å². The average Bonchev–Trinajstić information content (AvgIpc) is 3.25. The van der Waals surface area contributed by atoms with Gasteiger partial charge >= 0.3 is 0 Å². The van der Waals surface area contributed by atoms with E-state index in [1.807, 2.05) is 66.2 Å². The fourth-order valence-corrected chi connectivity index (χ4v) is 3.37. The number of rotatable bonds is 5. The van der Waals surface area contributed by atoms with E-state index in [9.17, 15) is 4.79 Å². The highest BCUT2D eigenvalue weighted by atomic mass is 16.1. The molecule has 0 aliphatic carbocycles. The number of nitrogens with zero attached hydrogens (tertiary/aromatic N) is 4. The number of hydrogen-bond donors (Lipinski definition) is 1. The quantitative estimate of drug-likeness (QED) is 0.588. The minimum atomic E-state index is -0.101. The molecule has 0 saturated heterocycles. The third-order valence-corrected chi connectivity index (χ3v) is 4.60. The van der Waals surface area contributed by atoms with Crippen LogP contribution < -0.4 is 5.32 Å². The van der Waals surface area contributed by atoms with Gasteiger partial charge in [0.2, 0.25) is 5.91 Å². The van der Waals surface area contributed by atoms with Crippen LogP contribution in [0.1, 0.15) is 12.7 Å². The normalized spacial score (nSPS) is 11.0. The molecule has 6 heteroatoms. The molecule has 0 saturated carbocycles. The Kier molecular flexibility index (Phi) is 4.46. The molecule has 6 nitrogen and oxygen atoms in total. The highest BCUT2D eigenvalue weighted by molar-refractivity contribution is 5.93. The Morgan fingerprint density at radius 2 is 1.96 bits per heavy atom. The van der Waals surface area contributed by atoms with Crippen LogP contribution in [0.4, 0.5) is 5.69 Å². The summed E-state index contributed by atoms with van der Waals surface area (Å²) >= 11 is 0. The van der Waals surface area contributed by atoms with Crippen LogP contribution in [0.25, 0.3) is 22.4 Å². The van der Waals surface area contributed by atoms with E-state index in [1.165, 1.54) is 0 Å². The third kappa shape index (κ3) is 3.33. The Labute approximate surface area is 157 Å². The number of aromatic nitrogens is 4. The molecule has 1 N–H and O–H groups in total. The van der Waals surface area contributed by atoms with E-state index in [4.69, 9.17) is 0 Å². The second-order valence-electron chi connectivity index (χ2n) is 6.40. The maximum atomic E-state index is 12.5. The summed E-state index contributed by atoms with van der Waals surface area (Å²) < 4.78 is 4.00. The Balaban J connectivity index is 1.52. The molecule has 4 rings (SSSR count). The lowest BCUT2D eigenvalue weighted by Gasteiger charge is -2.09. The lowest BCUT2D eigenvalue weighted by Crippen LogP contribution is -2.18. The monoisotopic (exact) mass is 359 g/mol. The van der Waals surface area contributed by atoms with Crippen LogP contribution in [0, 0.1) is 6.92 Å². The van der Waals surface area contributed by atoms with Crippen molar-refractivity contribution in [3.05, 3.63) is 66.7 Å². The van der Waals surface area contributed by atoms with Gasteiger partial charge in [0.1, 0.15) is 18.2 Å². The van der Waals surface area contributed by atoms with Gasteiger partial charge in [0.15, 0.2) is 0 Å². The summed E-state index contributed by atoms with van der Waals surface area (Å²) in [6, 6.07) is 15.7. The molecule has 1 amide bonds. The minimum Gasteiger partial charge on any atom is -0.329 e. The topological polar surface area (TPSA) is 64.7 Å². The predicted octanol–water partition coefficient (Wildman–Crippen LogP) is 3.87. The van der Waals surface area contributed by atoms with Gasteiger partial charge in [-0.25, -0.2) is 9.97 Å². The van der Waals surface area contributed by atoms with E-state index in [1.54, 1.807) is 6.20 Å².